The Kier molecular flexibility index (Phi) is 9.93. The molecule has 2 aromatic carbocycles. The van der Waals surface area contributed by atoms with Gasteiger partial charge in [-0.05, 0) is 41.2 Å². The van der Waals surface area contributed by atoms with Crippen molar-refractivity contribution < 1.29 is 43.0 Å². The zero-order valence-electron chi connectivity index (χ0n) is 19.8. The molecule has 1 atom stereocenters. The molecule has 1 unspecified atom stereocenters. The fourth-order valence-electron chi connectivity index (χ4n) is 4.26. The van der Waals surface area contributed by atoms with E-state index in [4.69, 9.17) is 18.9 Å². The van der Waals surface area contributed by atoms with Crippen LogP contribution in [0.1, 0.15) is 43.0 Å². The quantitative estimate of drug-likeness (QED) is 0.317. The van der Waals surface area contributed by atoms with E-state index in [0.29, 0.717) is 60.9 Å². The molecule has 0 aromatic heterocycles. The number of ether oxygens (including phenoxy) is 4. The maximum absolute atomic E-state index is 13.6. The highest BCUT2D eigenvalue weighted by molar-refractivity contribution is 7.85. The normalized spacial score (nSPS) is 14.4. The first kappa shape index (κ1) is 27.0. The van der Waals surface area contributed by atoms with Crippen LogP contribution in [0.3, 0.4) is 0 Å². The lowest BCUT2D eigenvalue weighted by molar-refractivity contribution is 0.0639. The van der Waals surface area contributed by atoms with Gasteiger partial charge < -0.3 is 29.2 Å². The Labute approximate surface area is 206 Å². The fourth-order valence-corrected chi connectivity index (χ4v) is 5.86. The maximum atomic E-state index is 13.6. The second-order valence-electron chi connectivity index (χ2n) is 7.89. The lowest BCUT2D eigenvalue weighted by Gasteiger charge is -2.27. The van der Waals surface area contributed by atoms with Crippen LogP contribution >= 0.6 is 0 Å². The molecule has 0 radical (unpaired) electrons. The van der Waals surface area contributed by atoms with Gasteiger partial charge in [0.1, 0.15) is 0 Å². The zero-order valence-corrected chi connectivity index (χ0v) is 20.7. The average molecular weight is 507 g/mol. The van der Waals surface area contributed by atoms with Crippen molar-refractivity contribution in [3.05, 3.63) is 57.6 Å². The van der Waals surface area contributed by atoms with E-state index in [0.717, 1.165) is 5.56 Å². The summed E-state index contributed by atoms with van der Waals surface area (Å²) in [5.41, 5.74) is 1.67. The van der Waals surface area contributed by atoms with Gasteiger partial charge in [-0.3, -0.25) is 0 Å². The van der Waals surface area contributed by atoms with E-state index >= 15 is 0 Å². The van der Waals surface area contributed by atoms with Crippen molar-refractivity contribution in [2.24, 2.45) is 0 Å². The number of rotatable bonds is 14. The number of carboxylic acid groups (broad SMARTS) is 2. The van der Waals surface area contributed by atoms with E-state index in [1.807, 2.05) is 12.1 Å². The molecule has 0 saturated carbocycles. The Bertz CT molecular complexity index is 1100. The lowest BCUT2D eigenvalue weighted by atomic mass is 9.85. The number of carbonyl (C=O) groups is 2. The Hall–Kier alpha value is -2.63. The summed E-state index contributed by atoms with van der Waals surface area (Å²) in [5.74, 6) is -2.80. The van der Waals surface area contributed by atoms with Crippen molar-refractivity contribution >= 4 is 22.7 Å². The fraction of sp³-hybridized carbons (Fsp3) is 0.440. The van der Waals surface area contributed by atoms with Crippen LogP contribution in [-0.4, -0.2) is 80.2 Å². The van der Waals surface area contributed by atoms with Crippen LogP contribution < -0.4 is 0 Å². The first-order valence-electron chi connectivity index (χ1n) is 11.2. The molecule has 10 heteroatoms. The summed E-state index contributed by atoms with van der Waals surface area (Å²) in [6.45, 7) is 1.93. The summed E-state index contributed by atoms with van der Waals surface area (Å²) in [5, 5.41) is 20.2. The van der Waals surface area contributed by atoms with Gasteiger partial charge in [-0.1, -0.05) is 18.2 Å². The maximum Gasteiger partial charge on any atom is 0.337 e. The molecule has 190 valence electrons. The molecular weight excluding hydrogens is 476 g/mol. The minimum atomic E-state index is -1.84. The van der Waals surface area contributed by atoms with Gasteiger partial charge in [0.05, 0.1) is 66.5 Å². The number of carboxylic acids is 2. The van der Waals surface area contributed by atoms with Crippen LogP contribution in [0.5, 0.6) is 0 Å². The first-order valence-corrected chi connectivity index (χ1v) is 12.4. The molecule has 9 nitrogen and oxygen atoms in total. The smallest absolute Gasteiger partial charge is 0.337 e. The number of aromatic carboxylic acids is 2. The minimum Gasteiger partial charge on any atom is -0.478 e. The predicted octanol–water partition coefficient (Wildman–Crippen LogP) is 2.56. The summed E-state index contributed by atoms with van der Waals surface area (Å²) in [6.07, 6.45) is 0.863. The summed E-state index contributed by atoms with van der Waals surface area (Å²) >= 11 is 0. The van der Waals surface area contributed by atoms with Gasteiger partial charge in [-0.15, -0.1) is 0 Å². The number of hydrogen-bond donors (Lipinski definition) is 2. The van der Waals surface area contributed by atoms with Crippen molar-refractivity contribution in [1.82, 2.24) is 0 Å². The Morgan fingerprint density at radius 1 is 0.829 bits per heavy atom. The molecule has 0 bridgehead atoms. The predicted molar refractivity (Wildman–Crippen MR) is 127 cm³/mol. The third-order valence-electron chi connectivity index (χ3n) is 5.79. The molecule has 1 aliphatic heterocycles. The topological polar surface area (TPSA) is 129 Å². The molecule has 0 spiro atoms. The van der Waals surface area contributed by atoms with Crippen LogP contribution in [0.15, 0.2) is 34.1 Å². The molecular formula is C25H30O9S. The second-order valence-corrected chi connectivity index (χ2v) is 9.27. The van der Waals surface area contributed by atoms with E-state index in [9.17, 15) is 24.0 Å². The largest absolute Gasteiger partial charge is 0.478 e. The zero-order chi connectivity index (χ0) is 25.4. The van der Waals surface area contributed by atoms with E-state index in [-0.39, 0.29) is 30.1 Å². The first-order chi connectivity index (χ1) is 16.9. The molecule has 0 fully saturated rings. The van der Waals surface area contributed by atoms with Gasteiger partial charge in [-0.25, -0.2) is 13.8 Å². The van der Waals surface area contributed by atoms with Crippen LogP contribution in [-0.2, 0) is 49.0 Å². The van der Waals surface area contributed by atoms with Gasteiger partial charge in [0.25, 0.3) is 0 Å². The lowest BCUT2D eigenvalue weighted by Crippen LogP contribution is -2.25. The highest BCUT2D eigenvalue weighted by Crippen LogP contribution is 2.40. The minimum absolute atomic E-state index is 0.0598. The summed E-state index contributed by atoms with van der Waals surface area (Å²) in [6, 6.07) is 7.11. The van der Waals surface area contributed by atoms with E-state index in [2.05, 4.69) is 0 Å². The Morgan fingerprint density at radius 2 is 1.40 bits per heavy atom. The van der Waals surface area contributed by atoms with Gasteiger partial charge in [0, 0.05) is 25.5 Å². The van der Waals surface area contributed by atoms with Gasteiger partial charge >= 0.3 is 11.9 Å². The van der Waals surface area contributed by atoms with Crippen LogP contribution in [0.4, 0.5) is 0 Å². The van der Waals surface area contributed by atoms with E-state index in [1.54, 1.807) is 26.4 Å². The molecule has 3 rings (SSSR count). The summed E-state index contributed by atoms with van der Waals surface area (Å²) < 4.78 is 34.8. The Morgan fingerprint density at radius 3 is 1.97 bits per heavy atom. The molecule has 2 N–H and O–H groups in total. The van der Waals surface area contributed by atoms with Crippen LogP contribution in [0.25, 0.3) is 0 Å². The molecule has 0 saturated heterocycles. The Balaban J connectivity index is 2.16. The van der Waals surface area contributed by atoms with Crippen LogP contribution in [0.2, 0.25) is 0 Å². The van der Waals surface area contributed by atoms with Gasteiger partial charge in [0.2, 0.25) is 0 Å². The third kappa shape index (κ3) is 6.14. The number of hydrogen-bond acceptors (Lipinski definition) is 7. The third-order valence-corrected chi connectivity index (χ3v) is 7.41. The van der Waals surface area contributed by atoms with Crippen molar-refractivity contribution in [3.8, 4) is 0 Å². The standard InChI is InChI=1S/C25H30O9S/c1-31-11-13-33-9-7-17-18(8-10-34-14-12-32-2)21(24(26)27)22(25(28)29)23-19(17)15-16-5-3-4-6-20(16)35(23)30/h3-6H,7-15H2,1-2H3,(H,26,27)(H,28,29). The SMILES string of the molecule is COCCOCCc1c(CCOCCOC)c(C(=O)O)c(C(=O)O)c2c1Cc1ccccc1S2=O. The number of fused-ring (bicyclic) bond motifs is 2. The van der Waals surface area contributed by atoms with Gasteiger partial charge in [-0.2, -0.15) is 0 Å². The highest BCUT2D eigenvalue weighted by Gasteiger charge is 2.36. The highest BCUT2D eigenvalue weighted by atomic mass is 32.2. The van der Waals surface area contributed by atoms with E-state index in [1.165, 1.54) is 0 Å². The number of methoxy groups -OCH3 is 2. The molecule has 1 aliphatic rings. The van der Waals surface area contributed by atoms with Crippen LogP contribution in [0, 0.1) is 0 Å². The monoisotopic (exact) mass is 506 g/mol. The molecule has 35 heavy (non-hydrogen) atoms. The average Bonchev–Trinajstić information content (AvgIpc) is 2.83. The van der Waals surface area contributed by atoms with Gasteiger partial charge in [0.15, 0.2) is 0 Å². The van der Waals surface area contributed by atoms with Crippen molar-refractivity contribution in [1.29, 1.82) is 0 Å². The van der Waals surface area contributed by atoms with E-state index < -0.39 is 28.3 Å². The van der Waals surface area contributed by atoms with Crippen molar-refractivity contribution in [3.63, 3.8) is 0 Å². The number of benzene rings is 2. The summed E-state index contributed by atoms with van der Waals surface area (Å²) in [4.78, 5) is 25.4. The molecule has 2 aromatic rings. The summed E-state index contributed by atoms with van der Waals surface area (Å²) in [7, 11) is 1.28. The molecule has 0 amide bonds. The molecule has 0 aliphatic carbocycles. The second kappa shape index (κ2) is 12.9. The van der Waals surface area contributed by atoms with Crippen molar-refractivity contribution in [2.75, 3.05) is 53.9 Å². The van der Waals surface area contributed by atoms with Crippen molar-refractivity contribution in [2.45, 2.75) is 29.1 Å². The molecule has 1 heterocycles.